The fourth-order valence-corrected chi connectivity index (χ4v) is 3.18. The van der Waals surface area contributed by atoms with Crippen molar-refractivity contribution in [3.63, 3.8) is 0 Å². The van der Waals surface area contributed by atoms with Gasteiger partial charge in [0.15, 0.2) is 0 Å². The Morgan fingerprint density at radius 2 is 1.79 bits per heavy atom. The van der Waals surface area contributed by atoms with E-state index >= 15 is 0 Å². The Bertz CT molecular complexity index is 519. The third-order valence-corrected chi connectivity index (χ3v) is 3.95. The van der Waals surface area contributed by atoms with Crippen molar-refractivity contribution in [3.8, 4) is 0 Å². The third-order valence-electron chi connectivity index (χ3n) is 3.95. The van der Waals surface area contributed by atoms with Crippen molar-refractivity contribution in [1.29, 1.82) is 0 Å². The highest BCUT2D eigenvalue weighted by molar-refractivity contribution is 5.85. The van der Waals surface area contributed by atoms with Crippen LogP contribution < -0.4 is 5.32 Å². The first kappa shape index (κ1) is 14.1. The molecule has 0 aromatic heterocycles. The maximum absolute atomic E-state index is 3.36. The lowest BCUT2D eigenvalue weighted by Gasteiger charge is -2.30. The quantitative estimate of drug-likeness (QED) is 0.806. The zero-order valence-electron chi connectivity index (χ0n) is 12.4. The van der Waals surface area contributed by atoms with Crippen LogP contribution >= 0.6 is 0 Å². The molecule has 0 aliphatic heterocycles. The first-order chi connectivity index (χ1) is 9.18. The van der Waals surface area contributed by atoms with Crippen molar-refractivity contribution in [3.05, 3.63) is 48.0 Å². The van der Waals surface area contributed by atoms with Crippen LogP contribution in [-0.4, -0.2) is 13.6 Å². The van der Waals surface area contributed by atoms with E-state index in [0.29, 0.717) is 5.41 Å². The summed E-state index contributed by atoms with van der Waals surface area (Å²) in [6, 6.07) is 15.4. The second-order valence-corrected chi connectivity index (χ2v) is 5.91. The van der Waals surface area contributed by atoms with Crippen LogP contribution in [0.25, 0.3) is 10.8 Å². The molecule has 1 N–H and O–H groups in total. The Labute approximate surface area is 117 Å². The third kappa shape index (κ3) is 3.36. The summed E-state index contributed by atoms with van der Waals surface area (Å²) >= 11 is 0. The maximum Gasteiger partial charge on any atom is 0.000535 e. The van der Waals surface area contributed by atoms with Gasteiger partial charge in [0.1, 0.15) is 0 Å². The molecule has 0 aliphatic rings. The Morgan fingerprint density at radius 3 is 2.53 bits per heavy atom. The van der Waals surface area contributed by atoms with E-state index < -0.39 is 0 Å². The average molecular weight is 255 g/mol. The van der Waals surface area contributed by atoms with Crippen LogP contribution in [0.5, 0.6) is 0 Å². The molecular formula is C18H25N. The van der Waals surface area contributed by atoms with Crippen molar-refractivity contribution >= 4 is 10.8 Å². The molecular weight excluding hydrogens is 230 g/mol. The Morgan fingerprint density at radius 1 is 1.05 bits per heavy atom. The minimum Gasteiger partial charge on any atom is -0.319 e. The summed E-state index contributed by atoms with van der Waals surface area (Å²) in [5.41, 5.74) is 1.82. The zero-order chi connectivity index (χ0) is 13.7. The number of benzene rings is 2. The summed E-state index contributed by atoms with van der Waals surface area (Å²) in [6.07, 6.45) is 3.64. The summed E-state index contributed by atoms with van der Waals surface area (Å²) < 4.78 is 0. The van der Waals surface area contributed by atoms with Crippen LogP contribution in [-0.2, 0) is 6.42 Å². The van der Waals surface area contributed by atoms with Gasteiger partial charge in [-0.25, -0.2) is 0 Å². The van der Waals surface area contributed by atoms with E-state index in [1.54, 1.807) is 0 Å². The van der Waals surface area contributed by atoms with E-state index in [-0.39, 0.29) is 0 Å². The molecule has 0 bridgehead atoms. The number of fused-ring (bicyclic) bond motifs is 1. The van der Waals surface area contributed by atoms with Gasteiger partial charge in [0.05, 0.1) is 0 Å². The van der Waals surface area contributed by atoms with Crippen LogP contribution in [0.15, 0.2) is 42.5 Å². The zero-order valence-corrected chi connectivity index (χ0v) is 12.4. The molecule has 102 valence electrons. The lowest BCUT2D eigenvalue weighted by Crippen LogP contribution is -2.31. The predicted molar refractivity (Wildman–Crippen MR) is 84.6 cm³/mol. The van der Waals surface area contributed by atoms with E-state index in [1.807, 2.05) is 0 Å². The normalized spacial score (nSPS) is 14.5. The molecule has 2 rings (SSSR count). The molecule has 0 saturated heterocycles. The molecule has 0 aliphatic carbocycles. The van der Waals surface area contributed by atoms with Crippen molar-refractivity contribution in [2.75, 3.05) is 13.6 Å². The first-order valence-corrected chi connectivity index (χ1v) is 7.30. The van der Waals surface area contributed by atoms with Crippen LogP contribution in [0.2, 0.25) is 0 Å². The first-order valence-electron chi connectivity index (χ1n) is 7.30. The lowest BCUT2D eigenvalue weighted by molar-refractivity contribution is 0.283. The van der Waals surface area contributed by atoms with Crippen LogP contribution in [0.1, 0.15) is 32.3 Å². The summed E-state index contributed by atoms with van der Waals surface area (Å²) in [6.45, 7) is 5.75. The molecule has 1 unspecified atom stereocenters. The van der Waals surface area contributed by atoms with E-state index in [4.69, 9.17) is 0 Å². The fraction of sp³-hybridized carbons (Fsp3) is 0.444. The number of nitrogens with one attached hydrogen (secondary N) is 1. The number of rotatable bonds is 6. The molecule has 1 nitrogen and oxygen atoms in total. The maximum atomic E-state index is 3.36. The molecule has 19 heavy (non-hydrogen) atoms. The average Bonchev–Trinajstić information content (AvgIpc) is 2.39. The molecule has 1 atom stereocenters. The number of hydrogen-bond donors (Lipinski definition) is 1. The van der Waals surface area contributed by atoms with Gasteiger partial charge in [-0.2, -0.15) is 0 Å². The smallest absolute Gasteiger partial charge is 0.000535 e. The summed E-state index contributed by atoms with van der Waals surface area (Å²) in [4.78, 5) is 0. The van der Waals surface area contributed by atoms with Crippen LogP contribution in [0.3, 0.4) is 0 Å². The van der Waals surface area contributed by atoms with Gasteiger partial charge in [0.25, 0.3) is 0 Å². The molecule has 1 heteroatoms. The fourth-order valence-electron chi connectivity index (χ4n) is 3.18. The molecule has 0 saturated carbocycles. The molecule has 0 spiro atoms. The minimum absolute atomic E-state index is 0.341. The Kier molecular flexibility index (Phi) is 4.60. The lowest BCUT2D eigenvalue weighted by atomic mass is 9.78. The van der Waals surface area contributed by atoms with E-state index in [9.17, 15) is 0 Å². The van der Waals surface area contributed by atoms with Crippen LogP contribution in [0.4, 0.5) is 0 Å². The molecule has 0 heterocycles. The molecule has 2 aromatic carbocycles. The summed E-state index contributed by atoms with van der Waals surface area (Å²) in [5.74, 6) is 0. The molecule has 0 amide bonds. The van der Waals surface area contributed by atoms with E-state index in [0.717, 1.165) is 13.0 Å². The van der Waals surface area contributed by atoms with Gasteiger partial charge in [-0.1, -0.05) is 62.7 Å². The second-order valence-electron chi connectivity index (χ2n) is 5.91. The van der Waals surface area contributed by atoms with E-state index in [1.165, 1.54) is 29.2 Å². The SMILES string of the molecule is CCCC(C)(CNC)Cc1cccc2ccccc12. The van der Waals surface area contributed by atoms with Gasteiger partial charge < -0.3 is 5.32 Å². The highest BCUT2D eigenvalue weighted by Crippen LogP contribution is 2.30. The topological polar surface area (TPSA) is 12.0 Å². The van der Waals surface area contributed by atoms with Crippen molar-refractivity contribution < 1.29 is 0 Å². The van der Waals surface area contributed by atoms with Crippen molar-refractivity contribution in [2.45, 2.75) is 33.1 Å². The molecule has 0 fully saturated rings. The largest absolute Gasteiger partial charge is 0.319 e. The second kappa shape index (κ2) is 6.21. The minimum atomic E-state index is 0.341. The van der Waals surface area contributed by atoms with Gasteiger partial charge in [-0.3, -0.25) is 0 Å². The van der Waals surface area contributed by atoms with E-state index in [2.05, 4.69) is 68.7 Å². The highest BCUT2D eigenvalue weighted by Gasteiger charge is 2.23. The van der Waals surface area contributed by atoms with Gasteiger partial charge >= 0.3 is 0 Å². The Hall–Kier alpha value is -1.34. The van der Waals surface area contributed by atoms with Gasteiger partial charge in [0.2, 0.25) is 0 Å². The monoisotopic (exact) mass is 255 g/mol. The van der Waals surface area contributed by atoms with Gasteiger partial charge in [-0.05, 0) is 41.6 Å². The van der Waals surface area contributed by atoms with Gasteiger partial charge in [-0.15, -0.1) is 0 Å². The summed E-state index contributed by atoms with van der Waals surface area (Å²) in [5, 5.41) is 6.12. The van der Waals surface area contributed by atoms with Gasteiger partial charge in [0, 0.05) is 6.54 Å². The van der Waals surface area contributed by atoms with Crippen LogP contribution in [0, 0.1) is 5.41 Å². The standard InChI is InChI=1S/C18H25N/c1-4-12-18(2,14-19-3)13-16-10-7-9-15-8-5-6-11-17(15)16/h5-11,19H,4,12-14H2,1-3H3. The number of hydrogen-bond acceptors (Lipinski definition) is 1. The van der Waals surface area contributed by atoms with Crippen molar-refractivity contribution in [2.24, 2.45) is 5.41 Å². The summed E-state index contributed by atoms with van der Waals surface area (Å²) in [7, 11) is 2.05. The highest BCUT2D eigenvalue weighted by atomic mass is 14.8. The van der Waals surface area contributed by atoms with Crippen molar-refractivity contribution in [1.82, 2.24) is 5.32 Å². The molecule has 0 radical (unpaired) electrons. The molecule has 2 aromatic rings. The Balaban J connectivity index is 2.33. The predicted octanol–water partition coefficient (Wildman–Crippen LogP) is 4.41.